The van der Waals surface area contributed by atoms with Gasteiger partial charge in [0.15, 0.2) is 14.1 Å². The number of aliphatic hydroxyl groups is 1. The van der Waals surface area contributed by atoms with Gasteiger partial charge in [-0.05, 0) is 55.2 Å². The summed E-state index contributed by atoms with van der Waals surface area (Å²) >= 11 is 0. The van der Waals surface area contributed by atoms with Gasteiger partial charge < -0.3 is 19.2 Å². The summed E-state index contributed by atoms with van der Waals surface area (Å²) in [6, 6.07) is 5.14. The Kier molecular flexibility index (Phi) is 6.76. The SMILES string of the molecule is CN1C(=O)c2ccnc(OC(F)F)c2C2CC1c1nn3ccc(-c4cnc(C5(O[Si](C)(C)C(C)(C)C)CC(C)(O)C5)nc4)cc3c12. The maximum absolute atomic E-state index is 13.4. The number of fused-ring (bicyclic) bond motifs is 9. The van der Waals surface area contributed by atoms with E-state index in [9.17, 15) is 18.7 Å². The number of ether oxygens (including phenoxy) is 1. The molecule has 13 heteroatoms. The summed E-state index contributed by atoms with van der Waals surface area (Å²) < 4.78 is 40.3. The van der Waals surface area contributed by atoms with Gasteiger partial charge in [0.2, 0.25) is 5.88 Å². The van der Waals surface area contributed by atoms with Gasteiger partial charge in [-0.25, -0.2) is 19.5 Å². The molecule has 2 aliphatic carbocycles. The third-order valence-corrected chi connectivity index (χ3v) is 14.8. The van der Waals surface area contributed by atoms with Crippen LogP contribution in [0.25, 0.3) is 16.6 Å². The van der Waals surface area contributed by atoms with E-state index in [0.29, 0.717) is 36.2 Å². The van der Waals surface area contributed by atoms with Gasteiger partial charge in [-0.15, -0.1) is 0 Å². The number of carbonyl (C=O) groups is 1. The second-order valence-electron chi connectivity index (χ2n) is 14.7. The molecule has 1 aliphatic heterocycles. The first kappa shape index (κ1) is 30.8. The number of pyridine rings is 2. The summed E-state index contributed by atoms with van der Waals surface area (Å²) in [7, 11) is -0.500. The zero-order chi connectivity index (χ0) is 33.0. The minimum atomic E-state index is -3.08. The number of halogens is 2. The Hall–Kier alpha value is -3.81. The number of nitrogens with zero attached hydrogens (tertiary/aromatic N) is 6. The molecule has 2 atom stereocenters. The summed E-state index contributed by atoms with van der Waals surface area (Å²) in [5.74, 6) is -0.382. The number of amides is 1. The first-order valence-corrected chi connectivity index (χ1v) is 18.4. The smallest absolute Gasteiger partial charge is 0.388 e. The van der Waals surface area contributed by atoms with Crippen LogP contribution in [-0.4, -0.2) is 68.1 Å². The molecule has 1 fully saturated rings. The number of hydrogen-bond acceptors (Lipinski definition) is 8. The Labute approximate surface area is 266 Å². The van der Waals surface area contributed by atoms with Gasteiger partial charge in [0, 0.05) is 67.3 Å². The maximum Gasteiger partial charge on any atom is 0.388 e. The van der Waals surface area contributed by atoms with Gasteiger partial charge in [-0.2, -0.15) is 13.9 Å². The molecule has 0 spiro atoms. The summed E-state index contributed by atoms with van der Waals surface area (Å²) in [4.78, 5) is 28.7. The molecular formula is C33H38F2N6O4Si. The van der Waals surface area contributed by atoms with Crippen LogP contribution < -0.4 is 4.74 Å². The number of alkyl halides is 2. The number of carbonyl (C=O) groups excluding carboxylic acids is 1. The van der Waals surface area contributed by atoms with Gasteiger partial charge in [-0.1, -0.05) is 20.8 Å². The summed E-state index contributed by atoms with van der Waals surface area (Å²) in [5, 5.41) is 15.6. The third kappa shape index (κ3) is 4.73. The molecule has 4 aromatic rings. The lowest BCUT2D eigenvalue weighted by atomic mass is 9.68. The summed E-state index contributed by atoms with van der Waals surface area (Å²) in [6.45, 7) is 9.67. The van der Waals surface area contributed by atoms with Crippen molar-refractivity contribution in [2.75, 3.05) is 7.05 Å². The van der Waals surface area contributed by atoms with Gasteiger partial charge in [0.1, 0.15) is 5.60 Å². The first-order valence-electron chi connectivity index (χ1n) is 15.5. The Morgan fingerprint density at radius 3 is 2.41 bits per heavy atom. The molecule has 0 saturated heterocycles. The Morgan fingerprint density at radius 2 is 1.78 bits per heavy atom. The van der Waals surface area contributed by atoms with Gasteiger partial charge in [-0.3, -0.25) is 4.79 Å². The van der Waals surface area contributed by atoms with Crippen molar-refractivity contribution in [2.24, 2.45) is 0 Å². The molecule has 5 heterocycles. The van der Waals surface area contributed by atoms with Crippen LogP contribution in [0.15, 0.2) is 43.0 Å². The molecule has 1 N–H and O–H groups in total. The highest BCUT2D eigenvalue weighted by molar-refractivity contribution is 6.74. The molecule has 10 nitrogen and oxygen atoms in total. The van der Waals surface area contributed by atoms with Crippen LogP contribution >= 0.6 is 0 Å². The fourth-order valence-corrected chi connectivity index (χ4v) is 8.74. The molecule has 0 radical (unpaired) electrons. The van der Waals surface area contributed by atoms with Crippen LogP contribution in [0, 0.1) is 0 Å². The van der Waals surface area contributed by atoms with Crippen LogP contribution in [0.2, 0.25) is 18.1 Å². The molecule has 46 heavy (non-hydrogen) atoms. The first-order chi connectivity index (χ1) is 21.5. The van der Waals surface area contributed by atoms with E-state index in [1.54, 1.807) is 34.9 Å². The molecular weight excluding hydrogens is 610 g/mol. The Morgan fingerprint density at radius 1 is 1.09 bits per heavy atom. The van der Waals surface area contributed by atoms with Crippen molar-refractivity contribution in [1.82, 2.24) is 29.5 Å². The molecule has 242 valence electrons. The van der Waals surface area contributed by atoms with Gasteiger partial charge in [0.25, 0.3) is 5.91 Å². The lowest BCUT2D eigenvalue weighted by Gasteiger charge is -2.55. The normalized spacial score (nSPS) is 25.8. The predicted octanol–water partition coefficient (Wildman–Crippen LogP) is 6.21. The standard InChI is InChI=1S/C33H38F2N6O4Si/c1-31(2,3)46(6,7)45-33(16-32(4,43)17-33)29-37-14-19(15-38-29)18-9-11-41-22(12-18)25-21-13-23(26(25)39-41)40(5)28(42)20-8-10-36-27(24(20)21)44-30(34)35/h8-12,14-15,21,23,30,43H,13,16-17H2,1-7H3. The topological polar surface area (TPSA) is 115 Å². The van der Waals surface area contributed by atoms with E-state index in [4.69, 9.17) is 24.2 Å². The zero-order valence-electron chi connectivity index (χ0n) is 27.0. The highest BCUT2D eigenvalue weighted by Gasteiger charge is 2.58. The number of hydrogen-bond donors (Lipinski definition) is 1. The van der Waals surface area contributed by atoms with Gasteiger partial charge >= 0.3 is 6.61 Å². The highest BCUT2D eigenvalue weighted by Crippen LogP contribution is 2.55. The van der Waals surface area contributed by atoms with Crippen molar-refractivity contribution in [3.8, 4) is 17.0 Å². The highest BCUT2D eigenvalue weighted by atomic mass is 28.4. The minimum Gasteiger partial charge on any atom is -0.417 e. The monoisotopic (exact) mass is 648 g/mol. The molecule has 3 aliphatic rings. The second-order valence-corrected chi connectivity index (χ2v) is 19.4. The lowest BCUT2D eigenvalue weighted by molar-refractivity contribution is -0.171. The fraction of sp³-hybridized carbons (Fsp3) is 0.485. The predicted molar refractivity (Wildman–Crippen MR) is 168 cm³/mol. The van der Waals surface area contributed by atoms with E-state index in [0.717, 1.165) is 27.9 Å². The maximum atomic E-state index is 13.4. The van der Waals surface area contributed by atoms with E-state index in [2.05, 4.69) is 38.8 Å². The van der Waals surface area contributed by atoms with Crippen molar-refractivity contribution >= 4 is 19.7 Å². The largest absolute Gasteiger partial charge is 0.417 e. The molecule has 4 aromatic heterocycles. The third-order valence-electron chi connectivity index (χ3n) is 10.3. The van der Waals surface area contributed by atoms with E-state index in [1.807, 2.05) is 25.3 Å². The summed E-state index contributed by atoms with van der Waals surface area (Å²) in [5.41, 5.74) is 3.07. The van der Waals surface area contributed by atoms with Crippen LogP contribution in [-0.2, 0) is 10.0 Å². The van der Waals surface area contributed by atoms with E-state index < -0.39 is 32.0 Å². The quantitative estimate of drug-likeness (QED) is 0.246. The number of rotatable bonds is 6. The molecule has 1 saturated carbocycles. The van der Waals surface area contributed by atoms with Crippen molar-refractivity contribution in [3.63, 3.8) is 0 Å². The second kappa shape index (κ2) is 10.1. The van der Waals surface area contributed by atoms with E-state index in [-0.39, 0.29) is 22.9 Å². The van der Waals surface area contributed by atoms with Crippen LogP contribution in [0.3, 0.4) is 0 Å². The average Bonchev–Trinajstić information content (AvgIpc) is 3.48. The molecule has 2 unspecified atom stereocenters. The van der Waals surface area contributed by atoms with Crippen LogP contribution in [0.1, 0.15) is 91.9 Å². The summed E-state index contributed by atoms with van der Waals surface area (Å²) in [6.07, 6.45) is 8.05. The Bertz CT molecular complexity index is 1860. The molecule has 0 aromatic carbocycles. The van der Waals surface area contributed by atoms with E-state index in [1.165, 1.54) is 6.20 Å². The van der Waals surface area contributed by atoms with Crippen LogP contribution in [0.4, 0.5) is 8.78 Å². The Balaban J connectivity index is 1.28. The average molecular weight is 649 g/mol. The van der Waals surface area contributed by atoms with Crippen molar-refractivity contribution in [1.29, 1.82) is 0 Å². The fourth-order valence-electron chi connectivity index (χ4n) is 7.22. The van der Waals surface area contributed by atoms with Crippen molar-refractivity contribution in [3.05, 3.63) is 71.2 Å². The van der Waals surface area contributed by atoms with Crippen LogP contribution in [0.5, 0.6) is 5.88 Å². The van der Waals surface area contributed by atoms with Gasteiger partial charge in [0.05, 0.1) is 28.4 Å². The lowest BCUT2D eigenvalue weighted by Crippen LogP contribution is -2.60. The minimum absolute atomic E-state index is 0.0232. The van der Waals surface area contributed by atoms with Crippen molar-refractivity contribution in [2.45, 2.75) is 94.9 Å². The van der Waals surface area contributed by atoms with Crippen molar-refractivity contribution < 1.29 is 27.8 Å². The molecule has 2 bridgehead atoms. The number of aromatic nitrogens is 5. The van der Waals surface area contributed by atoms with E-state index >= 15 is 0 Å². The molecule has 7 rings (SSSR count). The molecule has 1 amide bonds. The zero-order valence-corrected chi connectivity index (χ0v) is 28.0.